The second-order valence-electron chi connectivity index (χ2n) is 4.62. The topological polar surface area (TPSA) is 40.5 Å². The second kappa shape index (κ2) is 8.98. The molecule has 0 saturated heterocycles. The minimum absolute atomic E-state index is 0.581. The Bertz CT molecular complexity index is 592. The van der Waals surface area contributed by atoms with E-state index in [1.165, 1.54) is 11.3 Å². The zero-order valence-electron chi connectivity index (χ0n) is 12.3. The van der Waals surface area contributed by atoms with Crippen molar-refractivity contribution < 1.29 is 0 Å². The largest absolute Gasteiger partial charge is 0.369 e. The molecule has 1 aromatic carbocycles. The number of nitrogens with one attached hydrogen (secondary N) is 1. The third-order valence-electron chi connectivity index (χ3n) is 2.96. The normalized spacial score (nSPS) is 11.0. The number of hydrogen-bond donors (Lipinski definition) is 1. The molecule has 2 aromatic rings. The summed E-state index contributed by atoms with van der Waals surface area (Å²) in [5.41, 5.74) is 6.04. The van der Waals surface area contributed by atoms with Crippen molar-refractivity contribution in [3.05, 3.63) is 40.9 Å². The van der Waals surface area contributed by atoms with Crippen molar-refractivity contribution in [1.29, 1.82) is 0 Å². The van der Waals surface area contributed by atoms with Crippen molar-refractivity contribution in [2.24, 2.45) is 5.10 Å². The lowest BCUT2D eigenvalue weighted by atomic mass is 10.2. The van der Waals surface area contributed by atoms with Gasteiger partial charge in [0, 0.05) is 35.9 Å². The molecule has 0 saturated carbocycles. The van der Waals surface area contributed by atoms with Crippen LogP contribution in [-0.4, -0.2) is 36.0 Å². The first kappa shape index (κ1) is 17.1. The molecule has 0 aliphatic rings. The molecule has 0 amide bonds. The zero-order valence-corrected chi connectivity index (χ0v) is 14.6. The first-order valence-corrected chi connectivity index (χ1v) is 8.86. The van der Waals surface area contributed by atoms with E-state index in [0.29, 0.717) is 11.8 Å². The van der Waals surface area contributed by atoms with Gasteiger partial charge in [-0.05, 0) is 24.6 Å². The highest BCUT2D eigenvalue weighted by Gasteiger charge is 2.04. The highest BCUT2D eigenvalue weighted by atomic mass is 35.5. The van der Waals surface area contributed by atoms with Gasteiger partial charge < -0.3 is 4.90 Å². The summed E-state index contributed by atoms with van der Waals surface area (Å²) in [5.74, 6) is 1.16. The van der Waals surface area contributed by atoms with E-state index in [2.05, 4.69) is 20.4 Å². The molecule has 1 heterocycles. The fraction of sp³-hybridized carbons (Fsp3) is 0.333. The summed E-state index contributed by atoms with van der Waals surface area (Å²) >= 11 is 13.2. The Kier molecular flexibility index (Phi) is 6.96. The maximum Gasteiger partial charge on any atom is 0.203 e. The molecule has 0 bridgehead atoms. The van der Waals surface area contributed by atoms with Crippen LogP contribution in [0.5, 0.6) is 0 Å². The summed E-state index contributed by atoms with van der Waals surface area (Å²) in [7, 11) is 0. The predicted octanol–water partition coefficient (Wildman–Crippen LogP) is 4.18. The second-order valence-corrected chi connectivity index (χ2v) is 6.23. The maximum absolute atomic E-state index is 5.82. The van der Waals surface area contributed by atoms with Crippen LogP contribution in [0, 0.1) is 6.92 Å². The minimum atomic E-state index is 0.581. The van der Waals surface area contributed by atoms with Gasteiger partial charge in [-0.3, -0.25) is 5.43 Å². The van der Waals surface area contributed by atoms with Gasteiger partial charge in [-0.25, -0.2) is 4.98 Å². The molecule has 118 valence electrons. The monoisotopic (exact) mass is 356 g/mol. The number of rotatable bonds is 8. The summed E-state index contributed by atoms with van der Waals surface area (Å²) in [6, 6.07) is 8.13. The van der Waals surface area contributed by atoms with Crippen LogP contribution < -0.4 is 10.3 Å². The molecule has 4 nitrogen and oxygen atoms in total. The van der Waals surface area contributed by atoms with Gasteiger partial charge in [-0.1, -0.05) is 12.1 Å². The fourth-order valence-corrected chi connectivity index (χ4v) is 2.96. The van der Waals surface area contributed by atoms with Crippen LogP contribution in [-0.2, 0) is 0 Å². The van der Waals surface area contributed by atoms with Gasteiger partial charge in [0.1, 0.15) is 0 Å². The van der Waals surface area contributed by atoms with Gasteiger partial charge in [-0.2, -0.15) is 5.10 Å². The van der Waals surface area contributed by atoms with Gasteiger partial charge in [0.15, 0.2) is 0 Å². The quantitative estimate of drug-likeness (QED) is 0.438. The van der Waals surface area contributed by atoms with Gasteiger partial charge in [0.2, 0.25) is 5.13 Å². The lowest BCUT2D eigenvalue weighted by Crippen LogP contribution is -2.27. The number of hydrogen-bond acceptors (Lipinski definition) is 5. The van der Waals surface area contributed by atoms with E-state index < -0.39 is 0 Å². The molecule has 7 heteroatoms. The Balaban J connectivity index is 1.95. The van der Waals surface area contributed by atoms with Crippen LogP contribution in [0.2, 0.25) is 0 Å². The van der Waals surface area contributed by atoms with Crippen LogP contribution in [0.1, 0.15) is 11.3 Å². The van der Waals surface area contributed by atoms with Crippen molar-refractivity contribution in [2.75, 3.05) is 35.2 Å². The number of alkyl halides is 2. The molecule has 0 unspecified atom stereocenters. The molecule has 0 aliphatic carbocycles. The Morgan fingerprint density at radius 2 is 1.91 bits per heavy atom. The van der Waals surface area contributed by atoms with Crippen LogP contribution in [0.25, 0.3) is 0 Å². The van der Waals surface area contributed by atoms with E-state index in [4.69, 9.17) is 23.2 Å². The van der Waals surface area contributed by atoms with Crippen molar-refractivity contribution >= 4 is 51.6 Å². The van der Waals surface area contributed by atoms with Gasteiger partial charge in [0.25, 0.3) is 0 Å². The van der Waals surface area contributed by atoms with Gasteiger partial charge >= 0.3 is 0 Å². The Morgan fingerprint density at radius 3 is 2.45 bits per heavy atom. The van der Waals surface area contributed by atoms with E-state index in [-0.39, 0.29) is 0 Å². The van der Waals surface area contributed by atoms with E-state index >= 15 is 0 Å². The zero-order chi connectivity index (χ0) is 15.8. The maximum atomic E-state index is 5.82. The number of thiazole rings is 1. The molecule has 0 spiro atoms. The molecule has 1 aromatic heterocycles. The van der Waals surface area contributed by atoms with Crippen LogP contribution in [0.4, 0.5) is 10.8 Å². The predicted molar refractivity (Wildman–Crippen MR) is 98.2 cm³/mol. The highest BCUT2D eigenvalue weighted by molar-refractivity contribution is 7.13. The number of anilines is 2. The Morgan fingerprint density at radius 1 is 1.23 bits per heavy atom. The first-order chi connectivity index (χ1) is 10.7. The first-order valence-electron chi connectivity index (χ1n) is 6.91. The van der Waals surface area contributed by atoms with Gasteiger partial charge in [-0.15, -0.1) is 34.5 Å². The third kappa shape index (κ3) is 5.16. The number of benzene rings is 1. The highest BCUT2D eigenvalue weighted by Crippen LogP contribution is 2.16. The molecule has 0 fully saturated rings. The van der Waals surface area contributed by atoms with E-state index in [1.807, 2.05) is 36.6 Å². The molecule has 0 aliphatic heterocycles. The van der Waals surface area contributed by atoms with Crippen LogP contribution in [0.3, 0.4) is 0 Å². The number of hydrazone groups is 1. The van der Waals surface area contributed by atoms with Gasteiger partial charge in [0.05, 0.1) is 11.9 Å². The number of aryl methyl sites for hydroxylation is 1. The molecule has 22 heavy (non-hydrogen) atoms. The number of nitrogens with zero attached hydrogens (tertiary/aromatic N) is 3. The Hall–Kier alpha value is -1.30. The lowest BCUT2D eigenvalue weighted by Gasteiger charge is -2.22. The smallest absolute Gasteiger partial charge is 0.203 e. The summed E-state index contributed by atoms with van der Waals surface area (Å²) in [6.45, 7) is 3.52. The van der Waals surface area contributed by atoms with E-state index in [1.54, 1.807) is 6.21 Å². The molecule has 1 N–H and O–H groups in total. The van der Waals surface area contributed by atoms with Crippen molar-refractivity contribution in [2.45, 2.75) is 6.92 Å². The van der Waals surface area contributed by atoms with E-state index in [0.717, 1.165) is 35.2 Å². The van der Waals surface area contributed by atoms with Crippen molar-refractivity contribution in [1.82, 2.24) is 4.98 Å². The van der Waals surface area contributed by atoms with Crippen LogP contribution in [0.15, 0.2) is 34.7 Å². The molecular formula is C15H18Cl2N4S. The molecular weight excluding hydrogens is 339 g/mol. The fourth-order valence-electron chi connectivity index (χ4n) is 1.91. The minimum Gasteiger partial charge on any atom is -0.369 e. The SMILES string of the molecule is Cc1csc(NN=Cc2ccc(N(CCCl)CCCl)cc2)n1. The molecule has 2 rings (SSSR count). The summed E-state index contributed by atoms with van der Waals surface area (Å²) in [4.78, 5) is 6.45. The van der Waals surface area contributed by atoms with E-state index in [9.17, 15) is 0 Å². The number of halogens is 2. The third-order valence-corrected chi connectivity index (χ3v) is 4.16. The standard InChI is InChI=1S/C15H18Cl2N4S/c1-12-11-22-15(19-12)20-18-10-13-2-4-14(5-3-13)21(8-6-16)9-7-17/h2-5,10-11H,6-9H2,1H3,(H,19,20). The average molecular weight is 357 g/mol. The summed E-state index contributed by atoms with van der Waals surface area (Å²) < 4.78 is 0. The van der Waals surface area contributed by atoms with Crippen LogP contribution >= 0.6 is 34.5 Å². The molecule has 0 atom stereocenters. The van der Waals surface area contributed by atoms with Crippen molar-refractivity contribution in [3.63, 3.8) is 0 Å². The number of aromatic nitrogens is 1. The average Bonchev–Trinajstić information content (AvgIpc) is 2.93. The summed E-state index contributed by atoms with van der Waals surface area (Å²) in [5, 5.41) is 6.96. The summed E-state index contributed by atoms with van der Waals surface area (Å²) in [6.07, 6.45) is 1.77. The van der Waals surface area contributed by atoms with Crippen molar-refractivity contribution in [3.8, 4) is 0 Å². The molecule has 0 radical (unpaired) electrons. The lowest BCUT2D eigenvalue weighted by molar-refractivity contribution is 0.874. The Labute approximate surface area is 144 Å².